The van der Waals surface area contributed by atoms with E-state index in [0.717, 1.165) is 38.6 Å². The Balaban J connectivity index is 1.67. The number of azo groups is 1. The van der Waals surface area contributed by atoms with Crippen LogP contribution in [0.3, 0.4) is 0 Å². The fraction of sp³-hybridized carbons (Fsp3) is 0.0870. The predicted octanol–water partition coefficient (Wildman–Crippen LogP) is 5.59. The lowest BCUT2D eigenvalue weighted by atomic mass is 10.2. The van der Waals surface area contributed by atoms with Crippen molar-refractivity contribution in [2.24, 2.45) is 10.2 Å². The molecule has 0 fully saturated rings. The van der Waals surface area contributed by atoms with Gasteiger partial charge in [0.05, 0.1) is 16.1 Å². The molecule has 1 aromatic heterocycles. The van der Waals surface area contributed by atoms with E-state index in [1.165, 1.54) is 0 Å². The lowest BCUT2D eigenvalue weighted by Crippen LogP contribution is -2.35. The highest BCUT2D eigenvalue weighted by molar-refractivity contribution is 9.10. The zero-order chi connectivity index (χ0) is 24.5. The predicted molar refractivity (Wildman–Crippen MR) is 129 cm³/mol. The summed E-state index contributed by atoms with van der Waals surface area (Å²) in [4.78, 5) is 15.3. The van der Waals surface area contributed by atoms with Gasteiger partial charge in [0.2, 0.25) is 5.88 Å². The molecule has 4 aromatic rings. The molecule has 1 heterocycles. The first-order chi connectivity index (χ1) is 16.1. The topological polar surface area (TPSA) is 115 Å². The number of aromatic nitrogens is 1. The van der Waals surface area contributed by atoms with Crippen molar-refractivity contribution in [1.29, 1.82) is 0 Å². The van der Waals surface area contributed by atoms with E-state index in [-0.39, 0.29) is 22.2 Å². The molecule has 0 spiro atoms. The van der Waals surface area contributed by atoms with E-state index in [2.05, 4.69) is 31.1 Å². The number of nitrogens with one attached hydrogen (secondary N) is 1. The molecule has 8 nitrogen and oxygen atoms in total. The number of nitrogens with zero attached hydrogens (tertiary/aromatic N) is 3. The van der Waals surface area contributed by atoms with E-state index in [0.29, 0.717) is 10.9 Å². The number of aromatic amines is 1. The average Bonchev–Trinajstić information content (AvgIpc) is 3.11. The Morgan fingerprint density at radius 1 is 1.09 bits per heavy atom. The summed E-state index contributed by atoms with van der Waals surface area (Å²) >= 11 is 3.34. The van der Waals surface area contributed by atoms with Crippen LogP contribution >= 0.6 is 15.9 Å². The van der Waals surface area contributed by atoms with Crippen molar-refractivity contribution in [3.05, 3.63) is 82.6 Å². The van der Waals surface area contributed by atoms with Gasteiger partial charge in [0.25, 0.3) is 15.9 Å². The second-order valence-electron chi connectivity index (χ2n) is 7.41. The van der Waals surface area contributed by atoms with Gasteiger partial charge in [0.1, 0.15) is 12.4 Å². The Bertz CT molecular complexity index is 1500. The maximum absolute atomic E-state index is 13.3. The number of anilines is 1. The summed E-state index contributed by atoms with van der Waals surface area (Å²) in [5.74, 6) is -1.73. The van der Waals surface area contributed by atoms with Gasteiger partial charge in [0, 0.05) is 9.86 Å². The molecule has 4 rings (SSSR count). The van der Waals surface area contributed by atoms with Gasteiger partial charge in [-0.05, 0) is 61.5 Å². The smallest absolute Gasteiger partial charge is 0.285 e. The maximum Gasteiger partial charge on any atom is 0.285 e. The average molecular weight is 545 g/mol. The first kappa shape index (κ1) is 23.6. The molecule has 11 heteroatoms. The van der Waals surface area contributed by atoms with Gasteiger partial charge in [-0.1, -0.05) is 33.6 Å². The van der Waals surface area contributed by atoms with Gasteiger partial charge < -0.3 is 10.1 Å². The maximum atomic E-state index is 13.3. The number of hydrogen-bond acceptors (Lipinski definition) is 5. The van der Waals surface area contributed by atoms with E-state index in [1.807, 2.05) is 6.92 Å². The molecule has 0 unspecified atom stereocenters. The van der Waals surface area contributed by atoms with Crippen molar-refractivity contribution in [2.45, 2.75) is 11.8 Å². The van der Waals surface area contributed by atoms with E-state index in [4.69, 9.17) is 0 Å². The number of aromatic hydroxyl groups is 1. The number of sulfonamides is 1. The number of H-pyrrole nitrogens is 1. The Morgan fingerprint density at radius 3 is 2.44 bits per heavy atom. The molecule has 1 amide bonds. The van der Waals surface area contributed by atoms with Crippen molar-refractivity contribution >= 4 is 54.1 Å². The third-order valence-electron chi connectivity index (χ3n) is 4.98. The van der Waals surface area contributed by atoms with Gasteiger partial charge in [0.15, 0.2) is 5.69 Å². The molecule has 0 saturated heterocycles. The lowest BCUT2D eigenvalue weighted by molar-refractivity contribution is -0.116. The van der Waals surface area contributed by atoms with Crippen molar-refractivity contribution in [3.8, 4) is 5.88 Å². The first-order valence-electron chi connectivity index (χ1n) is 9.95. The molecule has 34 heavy (non-hydrogen) atoms. The van der Waals surface area contributed by atoms with E-state index in [9.17, 15) is 22.7 Å². The van der Waals surface area contributed by atoms with Gasteiger partial charge in [-0.3, -0.25) is 9.10 Å². The molecular weight excluding hydrogens is 527 g/mol. The number of aryl methyl sites for hydroxylation is 1. The van der Waals surface area contributed by atoms with Crippen LogP contribution in [-0.4, -0.2) is 31.0 Å². The number of carbonyl (C=O) groups excluding carboxylic acids is 1. The van der Waals surface area contributed by atoms with Gasteiger partial charge >= 0.3 is 0 Å². The van der Waals surface area contributed by atoms with Crippen molar-refractivity contribution in [1.82, 2.24) is 4.98 Å². The van der Waals surface area contributed by atoms with Crippen LogP contribution < -0.4 is 4.31 Å². The minimum Gasteiger partial charge on any atom is -0.493 e. The van der Waals surface area contributed by atoms with Crippen LogP contribution in [0.2, 0.25) is 0 Å². The summed E-state index contributed by atoms with van der Waals surface area (Å²) in [7, 11) is -4.22. The van der Waals surface area contributed by atoms with Crippen molar-refractivity contribution < 1.29 is 22.7 Å². The Hall–Kier alpha value is -3.57. The van der Waals surface area contributed by atoms with Crippen molar-refractivity contribution in [2.75, 3.05) is 10.8 Å². The first-order valence-corrected chi connectivity index (χ1v) is 12.2. The third-order valence-corrected chi connectivity index (χ3v) is 7.26. The van der Waals surface area contributed by atoms with Crippen LogP contribution in [0.5, 0.6) is 5.88 Å². The second kappa shape index (κ2) is 9.35. The highest BCUT2D eigenvalue weighted by Gasteiger charge is 2.27. The lowest BCUT2D eigenvalue weighted by Gasteiger charge is -2.23. The van der Waals surface area contributed by atoms with Crippen LogP contribution in [0.4, 0.5) is 15.8 Å². The molecule has 0 aliphatic rings. The quantitative estimate of drug-likeness (QED) is 0.308. The molecular formula is C23H18BrFN4O4S. The summed E-state index contributed by atoms with van der Waals surface area (Å²) in [6.45, 7) is 1.19. The van der Waals surface area contributed by atoms with E-state index < -0.39 is 28.3 Å². The minimum atomic E-state index is -4.22. The molecule has 0 atom stereocenters. The van der Waals surface area contributed by atoms with Crippen LogP contribution in [-0.2, 0) is 14.8 Å². The second-order valence-corrected chi connectivity index (χ2v) is 10.2. The number of benzene rings is 3. The molecule has 0 saturated carbocycles. The molecule has 2 N–H and O–H groups in total. The molecule has 3 aromatic carbocycles. The highest BCUT2D eigenvalue weighted by Crippen LogP contribution is 2.37. The molecule has 0 aliphatic heterocycles. The number of fused-ring (bicyclic) bond motifs is 1. The monoisotopic (exact) mass is 544 g/mol. The SMILES string of the molecule is Cc1ccc(N(CC(=O)N=Nc2c(O)[nH]c3ccc(Br)cc23)S(=O)(=O)c2ccc(F)cc2)cc1. The number of hydrogen-bond donors (Lipinski definition) is 2. The van der Waals surface area contributed by atoms with Crippen molar-refractivity contribution in [3.63, 3.8) is 0 Å². The standard InChI is InChI=1S/C23H18BrFN4O4S/c1-14-2-7-17(8-3-14)29(34(32,33)18-9-5-16(25)6-10-18)13-21(30)27-28-22-19-12-15(24)4-11-20(19)26-23(22)31/h2-12,26,31H,13H2,1H3. The normalized spacial score (nSPS) is 11.9. The van der Waals surface area contributed by atoms with Crippen LogP contribution in [0.15, 0.2) is 86.3 Å². The number of amides is 1. The third kappa shape index (κ3) is 4.85. The Labute approximate surface area is 202 Å². The van der Waals surface area contributed by atoms with Crippen LogP contribution in [0.1, 0.15) is 5.56 Å². The summed E-state index contributed by atoms with van der Waals surface area (Å²) in [5, 5.41) is 18.2. The fourth-order valence-electron chi connectivity index (χ4n) is 3.26. The largest absolute Gasteiger partial charge is 0.493 e. The zero-order valence-electron chi connectivity index (χ0n) is 17.7. The van der Waals surface area contributed by atoms with E-state index >= 15 is 0 Å². The Kier molecular flexibility index (Phi) is 6.49. The summed E-state index contributed by atoms with van der Waals surface area (Å²) in [6.07, 6.45) is 0. The van der Waals surface area contributed by atoms with Crippen LogP contribution in [0, 0.1) is 12.7 Å². The van der Waals surface area contributed by atoms with Gasteiger partial charge in [-0.25, -0.2) is 12.8 Å². The minimum absolute atomic E-state index is 0.0490. The van der Waals surface area contributed by atoms with Gasteiger partial charge in [-0.2, -0.15) is 0 Å². The summed E-state index contributed by atoms with van der Waals surface area (Å²) in [5.41, 5.74) is 1.77. The van der Waals surface area contributed by atoms with E-state index in [1.54, 1.807) is 42.5 Å². The van der Waals surface area contributed by atoms with Gasteiger partial charge in [-0.15, -0.1) is 10.2 Å². The highest BCUT2D eigenvalue weighted by atomic mass is 79.9. The fourth-order valence-corrected chi connectivity index (χ4v) is 5.03. The molecule has 0 radical (unpaired) electrons. The zero-order valence-corrected chi connectivity index (χ0v) is 20.1. The number of rotatable bonds is 6. The number of carbonyl (C=O) groups is 1. The molecule has 0 bridgehead atoms. The summed E-state index contributed by atoms with van der Waals surface area (Å²) < 4.78 is 41.5. The van der Waals surface area contributed by atoms with Crippen LogP contribution in [0.25, 0.3) is 10.9 Å². The summed E-state index contributed by atoms with van der Waals surface area (Å²) in [6, 6.07) is 16.0. The molecule has 174 valence electrons. The number of halogens is 2. The molecule has 0 aliphatic carbocycles. The Morgan fingerprint density at radius 2 is 1.76 bits per heavy atom.